The Labute approximate surface area is 124 Å². The Hall–Kier alpha value is -1.33. The molecule has 0 bridgehead atoms. The minimum Gasteiger partial charge on any atom is -0.338 e. The zero-order valence-electron chi connectivity index (χ0n) is 12.2. The molecule has 0 fully saturated rings. The third kappa shape index (κ3) is 4.08. The van der Waals surface area contributed by atoms with Gasteiger partial charge in [-0.05, 0) is 30.9 Å². The van der Waals surface area contributed by atoms with Gasteiger partial charge in [0.15, 0.2) is 5.82 Å². The largest absolute Gasteiger partial charge is 0.338 e. The third-order valence-electron chi connectivity index (χ3n) is 2.98. The lowest BCUT2D eigenvalue weighted by Gasteiger charge is -2.08. The van der Waals surface area contributed by atoms with E-state index in [0.717, 1.165) is 6.42 Å². The van der Waals surface area contributed by atoms with Gasteiger partial charge in [0, 0.05) is 4.90 Å². The molecule has 20 heavy (non-hydrogen) atoms. The molecule has 0 unspecified atom stereocenters. The highest BCUT2D eigenvalue weighted by atomic mass is 32.2. The maximum atomic E-state index is 6.04. The molecule has 5 heteroatoms. The van der Waals surface area contributed by atoms with Crippen LogP contribution in [0.1, 0.15) is 43.6 Å². The molecule has 0 aliphatic rings. The van der Waals surface area contributed by atoms with E-state index in [0.29, 0.717) is 23.4 Å². The first kappa shape index (κ1) is 15.1. The van der Waals surface area contributed by atoms with Crippen LogP contribution in [0.2, 0.25) is 0 Å². The van der Waals surface area contributed by atoms with Gasteiger partial charge in [-0.3, -0.25) is 0 Å². The number of thioether (sulfide) groups is 1. The van der Waals surface area contributed by atoms with Crippen molar-refractivity contribution >= 4 is 11.8 Å². The van der Waals surface area contributed by atoms with E-state index in [1.165, 1.54) is 10.5 Å². The Kier molecular flexibility index (Phi) is 5.20. The van der Waals surface area contributed by atoms with Crippen molar-refractivity contribution in [2.75, 3.05) is 0 Å². The van der Waals surface area contributed by atoms with Crippen molar-refractivity contribution in [3.05, 3.63) is 41.5 Å². The van der Waals surface area contributed by atoms with Gasteiger partial charge >= 0.3 is 0 Å². The molecule has 1 heterocycles. The SMILES string of the molecule is Cc1ccccc1SCc1noc([C@@H](N)CC(C)C)n1. The number of nitrogens with two attached hydrogens (primary N) is 1. The standard InChI is InChI=1S/C15H21N3OS/c1-10(2)8-12(16)15-17-14(18-19-15)9-20-13-7-5-4-6-11(13)3/h4-7,10,12H,8-9,16H2,1-3H3/t12-/m0/s1. The van der Waals surface area contributed by atoms with Crippen molar-refractivity contribution in [3.63, 3.8) is 0 Å². The van der Waals surface area contributed by atoms with Crippen molar-refractivity contribution in [1.82, 2.24) is 10.1 Å². The van der Waals surface area contributed by atoms with Crippen LogP contribution < -0.4 is 5.73 Å². The minimum atomic E-state index is -0.167. The third-order valence-corrected chi connectivity index (χ3v) is 4.15. The van der Waals surface area contributed by atoms with Crippen LogP contribution in [-0.4, -0.2) is 10.1 Å². The van der Waals surface area contributed by atoms with E-state index in [9.17, 15) is 0 Å². The van der Waals surface area contributed by atoms with Crippen LogP contribution in [0.25, 0.3) is 0 Å². The van der Waals surface area contributed by atoms with E-state index in [-0.39, 0.29) is 6.04 Å². The topological polar surface area (TPSA) is 64.9 Å². The van der Waals surface area contributed by atoms with Crippen molar-refractivity contribution < 1.29 is 4.52 Å². The lowest BCUT2D eigenvalue weighted by molar-refractivity contribution is 0.333. The molecule has 108 valence electrons. The zero-order chi connectivity index (χ0) is 14.5. The maximum absolute atomic E-state index is 6.04. The van der Waals surface area contributed by atoms with E-state index >= 15 is 0 Å². The van der Waals surface area contributed by atoms with Crippen LogP contribution in [0.3, 0.4) is 0 Å². The second-order valence-corrected chi connectivity index (χ2v) is 6.36. The molecule has 1 aromatic heterocycles. The fraction of sp³-hybridized carbons (Fsp3) is 0.467. The summed E-state index contributed by atoms with van der Waals surface area (Å²) < 4.78 is 5.25. The van der Waals surface area contributed by atoms with Crippen LogP contribution >= 0.6 is 11.8 Å². The predicted octanol–water partition coefficient (Wildman–Crippen LogP) is 3.72. The molecule has 2 rings (SSSR count). The summed E-state index contributed by atoms with van der Waals surface area (Å²) in [5.41, 5.74) is 7.30. The summed E-state index contributed by atoms with van der Waals surface area (Å²) in [6.07, 6.45) is 0.854. The van der Waals surface area contributed by atoms with Crippen molar-refractivity contribution in [2.45, 2.75) is 43.9 Å². The highest BCUT2D eigenvalue weighted by molar-refractivity contribution is 7.98. The molecule has 0 radical (unpaired) electrons. The molecule has 2 aromatic rings. The Balaban J connectivity index is 1.95. The lowest BCUT2D eigenvalue weighted by Crippen LogP contribution is -2.13. The molecule has 0 saturated heterocycles. The molecule has 0 amide bonds. The highest BCUT2D eigenvalue weighted by Gasteiger charge is 2.16. The first-order valence-electron chi connectivity index (χ1n) is 6.82. The number of aromatic nitrogens is 2. The average Bonchev–Trinajstić information content (AvgIpc) is 2.86. The Bertz CT molecular complexity index is 554. The lowest BCUT2D eigenvalue weighted by atomic mass is 10.0. The molecule has 4 nitrogen and oxygen atoms in total. The van der Waals surface area contributed by atoms with Gasteiger partial charge < -0.3 is 10.3 Å². The Morgan fingerprint density at radius 1 is 1.30 bits per heavy atom. The summed E-state index contributed by atoms with van der Waals surface area (Å²) in [6, 6.07) is 8.11. The summed E-state index contributed by atoms with van der Waals surface area (Å²) in [7, 11) is 0. The van der Waals surface area contributed by atoms with Crippen molar-refractivity contribution in [2.24, 2.45) is 11.7 Å². The van der Waals surface area contributed by atoms with Crippen LogP contribution in [-0.2, 0) is 5.75 Å². The Morgan fingerprint density at radius 2 is 2.05 bits per heavy atom. The molecule has 0 aliphatic heterocycles. The minimum absolute atomic E-state index is 0.167. The normalized spacial score (nSPS) is 12.8. The fourth-order valence-electron chi connectivity index (χ4n) is 1.95. The van der Waals surface area contributed by atoms with E-state index in [1.807, 2.05) is 12.1 Å². The summed E-state index contributed by atoms with van der Waals surface area (Å²) in [4.78, 5) is 5.63. The van der Waals surface area contributed by atoms with Gasteiger partial charge in [0.2, 0.25) is 5.89 Å². The number of hydrogen-bond acceptors (Lipinski definition) is 5. The van der Waals surface area contributed by atoms with Gasteiger partial charge in [-0.15, -0.1) is 11.8 Å². The number of aryl methyl sites for hydroxylation is 1. The molecule has 0 spiro atoms. The molecule has 0 saturated carbocycles. The number of nitrogens with zero attached hydrogens (tertiary/aromatic N) is 2. The summed E-state index contributed by atoms with van der Waals surface area (Å²) in [5, 5.41) is 4.00. The number of benzene rings is 1. The van der Waals surface area contributed by atoms with Crippen LogP contribution in [0.5, 0.6) is 0 Å². The maximum Gasteiger partial charge on any atom is 0.243 e. The fourth-order valence-corrected chi connectivity index (χ4v) is 2.82. The molecule has 2 N–H and O–H groups in total. The van der Waals surface area contributed by atoms with Crippen LogP contribution in [0, 0.1) is 12.8 Å². The summed E-state index contributed by atoms with van der Waals surface area (Å²) in [5.74, 6) is 2.45. The van der Waals surface area contributed by atoms with E-state index in [1.54, 1.807) is 11.8 Å². The first-order valence-corrected chi connectivity index (χ1v) is 7.81. The zero-order valence-corrected chi connectivity index (χ0v) is 13.0. The van der Waals surface area contributed by atoms with E-state index in [2.05, 4.69) is 43.0 Å². The second-order valence-electron chi connectivity index (χ2n) is 5.34. The predicted molar refractivity (Wildman–Crippen MR) is 81.4 cm³/mol. The van der Waals surface area contributed by atoms with Crippen molar-refractivity contribution in [1.29, 1.82) is 0 Å². The van der Waals surface area contributed by atoms with E-state index < -0.39 is 0 Å². The van der Waals surface area contributed by atoms with Gasteiger partial charge in [0.05, 0.1) is 11.8 Å². The monoisotopic (exact) mass is 291 g/mol. The molecular formula is C15H21N3OS. The average molecular weight is 291 g/mol. The van der Waals surface area contributed by atoms with Gasteiger partial charge in [0.1, 0.15) is 0 Å². The quantitative estimate of drug-likeness (QED) is 0.822. The molecular weight excluding hydrogens is 270 g/mol. The Morgan fingerprint density at radius 3 is 2.75 bits per heavy atom. The number of hydrogen-bond donors (Lipinski definition) is 1. The number of rotatable bonds is 6. The molecule has 0 aliphatic carbocycles. The van der Waals surface area contributed by atoms with Gasteiger partial charge in [-0.2, -0.15) is 4.98 Å². The molecule has 1 aromatic carbocycles. The second kappa shape index (κ2) is 6.90. The van der Waals surface area contributed by atoms with Gasteiger partial charge in [0.25, 0.3) is 0 Å². The first-order chi connectivity index (χ1) is 9.56. The summed E-state index contributed by atoms with van der Waals surface area (Å²) >= 11 is 1.71. The summed E-state index contributed by atoms with van der Waals surface area (Å²) in [6.45, 7) is 6.36. The van der Waals surface area contributed by atoms with Gasteiger partial charge in [-0.1, -0.05) is 37.2 Å². The van der Waals surface area contributed by atoms with Crippen LogP contribution in [0.15, 0.2) is 33.7 Å². The smallest absolute Gasteiger partial charge is 0.243 e. The highest BCUT2D eigenvalue weighted by Crippen LogP contribution is 2.25. The van der Waals surface area contributed by atoms with E-state index in [4.69, 9.17) is 10.3 Å². The molecule has 1 atom stereocenters. The van der Waals surface area contributed by atoms with Crippen LogP contribution in [0.4, 0.5) is 0 Å². The van der Waals surface area contributed by atoms with Gasteiger partial charge in [-0.25, -0.2) is 0 Å². The van der Waals surface area contributed by atoms with Crippen molar-refractivity contribution in [3.8, 4) is 0 Å².